The molecule has 0 saturated carbocycles. The molecule has 1 atom stereocenters. The fourth-order valence-electron chi connectivity index (χ4n) is 4.35. The van der Waals surface area contributed by atoms with Crippen LogP contribution in [0.5, 0.6) is 0 Å². The largest absolute Gasteiger partial charge is 0.374 e. The molecule has 8 heteroatoms. The van der Waals surface area contributed by atoms with Crippen LogP contribution in [0.2, 0.25) is 0 Å². The Hall–Kier alpha value is -3.65. The maximum atomic E-state index is 13.3. The number of H-pyrrole nitrogens is 1. The lowest BCUT2D eigenvalue weighted by Crippen LogP contribution is -2.16. The van der Waals surface area contributed by atoms with E-state index in [1.54, 1.807) is 31.4 Å². The molecule has 0 bridgehead atoms. The average molecular weight is 464 g/mol. The third-order valence-electron chi connectivity index (χ3n) is 5.84. The highest BCUT2D eigenvalue weighted by atomic mass is 32.2. The van der Waals surface area contributed by atoms with E-state index in [0.717, 1.165) is 33.3 Å². The summed E-state index contributed by atoms with van der Waals surface area (Å²) in [6.07, 6.45) is 8.70. The number of aromatic amines is 1. The Morgan fingerprint density at radius 3 is 2.61 bits per heavy atom. The number of nitrogens with zero attached hydrogens (tertiary/aromatic N) is 1. The molecule has 2 aromatic heterocycles. The van der Waals surface area contributed by atoms with E-state index in [4.69, 9.17) is 0 Å². The second-order valence-corrected chi connectivity index (χ2v) is 10.6. The van der Waals surface area contributed by atoms with Gasteiger partial charge in [0.25, 0.3) is 5.56 Å². The summed E-state index contributed by atoms with van der Waals surface area (Å²) in [4.78, 5) is 15.9. The number of aromatic nitrogens is 2. The van der Waals surface area contributed by atoms with Gasteiger partial charge in [-0.3, -0.25) is 4.79 Å². The van der Waals surface area contributed by atoms with Crippen molar-refractivity contribution < 1.29 is 12.8 Å². The number of hydrogen-bond acceptors (Lipinski definition) is 4. The first kappa shape index (κ1) is 21.2. The highest BCUT2D eigenvalue weighted by Gasteiger charge is 2.25. The summed E-state index contributed by atoms with van der Waals surface area (Å²) in [5, 5.41) is 4.32. The van der Waals surface area contributed by atoms with E-state index in [1.165, 1.54) is 23.0 Å². The van der Waals surface area contributed by atoms with Gasteiger partial charge in [0.05, 0.1) is 11.8 Å². The van der Waals surface area contributed by atoms with Gasteiger partial charge in [-0.05, 0) is 35.4 Å². The molecule has 168 valence electrons. The van der Waals surface area contributed by atoms with Gasteiger partial charge in [0.1, 0.15) is 11.3 Å². The van der Waals surface area contributed by atoms with Crippen LogP contribution in [0.15, 0.2) is 65.7 Å². The molecule has 1 aliphatic heterocycles. The minimum absolute atomic E-state index is 0.0664. The van der Waals surface area contributed by atoms with Gasteiger partial charge in [-0.15, -0.1) is 0 Å². The van der Waals surface area contributed by atoms with Crippen molar-refractivity contribution in [3.63, 3.8) is 0 Å². The third-order valence-corrected chi connectivity index (χ3v) is 6.69. The number of rotatable bonds is 4. The van der Waals surface area contributed by atoms with Crippen LogP contribution in [0.3, 0.4) is 0 Å². The van der Waals surface area contributed by atoms with Gasteiger partial charge in [0.2, 0.25) is 0 Å². The Labute approximate surface area is 190 Å². The van der Waals surface area contributed by atoms with Crippen molar-refractivity contribution in [1.29, 1.82) is 0 Å². The van der Waals surface area contributed by atoms with Crippen LogP contribution < -0.4 is 10.9 Å². The average Bonchev–Trinajstić information content (AvgIpc) is 3.15. The normalized spacial score (nSPS) is 15.4. The van der Waals surface area contributed by atoms with Crippen LogP contribution in [0, 0.1) is 5.82 Å². The van der Waals surface area contributed by atoms with Gasteiger partial charge in [-0.1, -0.05) is 30.4 Å². The van der Waals surface area contributed by atoms with Gasteiger partial charge in [0, 0.05) is 53.5 Å². The molecule has 0 radical (unpaired) electrons. The maximum absolute atomic E-state index is 13.3. The summed E-state index contributed by atoms with van der Waals surface area (Å²) in [7, 11) is -1.50. The molecular weight excluding hydrogens is 441 g/mol. The molecule has 2 aromatic carbocycles. The molecule has 5 rings (SSSR count). The topological polar surface area (TPSA) is 84.0 Å². The molecule has 6 nitrogen and oxygen atoms in total. The molecule has 2 N–H and O–H groups in total. The van der Waals surface area contributed by atoms with Crippen molar-refractivity contribution in [2.45, 2.75) is 11.8 Å². The smallest absolute Gasteiger partial charge is 0.274 e. The summed E-state index contributed by atoms with van der Waals surface area (Å²) in [6.45, 7) is 0. The lowest BCUT2D eigenvalue weighted by atomic mass is 9.98. The number of pyridine rings is 1. The second-order valence-electron chi connectivity index (χ2n) is 8.44. The first-order chi connectivity index (χ1) is 15.7. The number of halogens is 1. The molecule has 4 aromatic rings. The van der Waals surface area contributed by atoms with Gasteiger partial charge >= 0.3 is 0 Å². The van der Waals surface area contributed by atoms with Crippen molar-refractivity contribution in [3.05, 3.63) is 93.8 Å². The van der Waals surface area contributed by atoms with Gasteiger partial charge < -0.3 is 14.9 Å². The summed E-state index contributed by atoms with van der Waals surface area (Å²) >= 11 is 0. The van der Waals surface area contributed by atoms with E-state index in [2.05, 4.69) is 10.3 Å². The molecular formula is C25H22FN3O3S. The Morgan fingerprint density at radius 2 is 1.88 bits per heavy atom. The number of aryl methyl sites for hydroxylation is 1. The molecule has 3 heterocycles. The molecule has 33 heavy (non-hydrogen) atoms. The second kappa shape index (κ2) is 7.74. The lowest BCUT2D eigenvalue weighted by molar-refractivity contribution is 0.601. The number of fused-ring (bicyclic) bond motifs is 2. The van der Waals surface area contributed by atoms with Crippen LogP contribution >= 0.6 is 0 Å². The number of nitrogens with one attached hydrogen (secondary N) is 2. The van der Waals surface area contributed by atoms with Crippen molar-refractivity contribution in [1.82, 2.24) is 9.55 Å². The van der Waals surface area contributed by atoms with Crippen LogP contribution in [-0.4, -0.2) is 24.2 Å². The standard InChI is InChI=1S/C25H22FN3O3S/c1-29-13-20-18-11-16(14-33(2,31)32)6-10-21(18)28-22(9-5-15-3-7-17(26)8-4-15)19-12-27-24(23(19)20)25(29)30/h3-13,22,27-28H,14H2,1-2H3/b9-5+. The number of hydrogen-bond donors (Lipinski definition) is 2. The van der Waals surface area contributed by atoms with Crippen LogP contribution in [0.1, 0.15) is 22.7 Å². The molecule has 0 fully saturated rings. The van der Waals surface area contributed by atoms with Gasteiger partial charge in [0.15, 0.2) is 9.84 Å². The zero-order valence-corrected chi connectivity index (χ0v) is 18.9. The van der Waals surface area contributed by atoms with Crippen LogP contribution in [-0.2, 0) is 22.6 Å². The molecule has 0 saturated heterocycles. The lowest BCUT2D eigenvalue weighted by Gasteiger charge is -2.16. The van der Waals surface area contributed by atoms with Crippen molar-refractivity contribution in [3.8, 4) is 11.1 Å². The Kier molecular flexibility index (Phi) is 4.97. The molecule has 1 unspecified atom stereocenters. The monoisotopic (exact) mass is 463 g/mol. The Balaban J connectivity index is 1.70. The van der Waals surface area contributed by atoms with E-state index in [0.29, 0.717) is 11.1 Å². The first-order valence-electron chi connectivity index (χ1n) is 10.4. The fourth-order valence-corrected chi connectivity index (χ4v) is 5.14. The third kappa shape index (κ3) is 3.98. The zero-order valence-electron chi connectivity index (χ0n) is 18.1. The van der Waals surface area contributed by atoms with E-state index in [9.17, 15) is 17.6 Å². The quantitative estimate of drug-likeness (QED) is 0.470. The Bertz CT molecular complexity index is 1580. The minimum atomic E-state index is -3.20. The molecule has 0 aliphatic carbocycles. The highest BCUT2D eigenvalue weighted by Crippen LogP contribution is 2.42. The maximum Gasteiger partial charge on any atom is 0.274 e. The van der Waals surface area contributed by atoms with E-state index in [1.807, 2.05) is 30.5 Å². The van der Waals surface area contributed by atoms with Gasteiger partial charge in [-0.25, -0.2) is 12.8 Å². The van der Waals surface area contributed by atoms with Gasteiger partial charge in [-0.2, -0.15) is 0 Å². The summed E-state index contributed by atoms with van der Waals surface area (Å²) in [5.41, 5.74) is 5.29. The van der Waals surface area contributed by atoms with Crippen LogP contribution in [0.25, 0.3) is 28.1 Å². The predicted octanol–water partition coefficient (Wildman–Crippen LogP) is 4.40. The van der Waals surface area contributed by atoms with Crippen molar-refractivity contribution in [2.75, 3.05) is 11.6 Å². The number of sulfone groups is 1. The van der Waals surface area contributed by atoms with Crippen molar-refractivity contribution in [2.24, 2.45) is 7.05 Å². The molecule has 0 amide bonds. The van der Waals surface area contributed by atoms with Crippen LogP contribution in [0.4, 0.5) is 10.1 Å². The van der Waals surface area contributed by atoms with E-state index < -0.39 is 9.84 Å². The summed E-state index contributed by atoms with van der Waals surface area (Å²) in [5.74, 6) is -0.362. The summed E-state index contributed by atoms with van der Waals surface area (Å²) in [6, 6.07) is 11.5. The van der Waals surface area contributed by atoms with E-state index >= 15 is 0 Å². The predicted molar refractivity (Wildman–Crippen MR) is 129 cm³/mol. The zero-order chi connectivity index (χ0) is 23.3. The fraction of sp³-hybridized carbons (Fsp3) is 0.160. The molecule has 0 spiro atoms. The highest BCUT2D eigenvalue weighted by molar-refractivity contribution is 7.89. The molecule has 1 aliphatic rings. The number of anilines is 1. The number of benzene rings is 2. The van der Waals surface area contributed by atoms with Crippen molar-refractivity contribution >= 4 is 32.5 Å². The van der Waals surface area contributed by atoms with E-state index in [-0.39, 0.29) is 23.2 Å². The first-order valence-corrected chi connectivity index (χ1v) is 12.5. The minimum Gasteiger partial charge on any atom is -0.374 e. The Morgan fingerprint density at radius 1 is 1.12 bits per heavy atom. The summed E-state index contributed by atoms with van der Waals surface area (Å²) < 4.78 is 38.6. The SMILES string of the molecule is Cn1cc2c3c(c[nH]c3c1=O)C(/C=C/c1ccc(F)cc1)Nc1ccc(CS(C)(=O)=O)cc1-2.